The summed E-state index contributed by atoms with van der Waals surface area (Å²) in [5.41, 5.74) is 4.00. The average Bonchev–Trinajstić information content (AvgIpc) is 3.38. The van der Waals surface area contributed by atoms with Gasteiger partial charge < -0.3 is 19.0 Å². The fourth-order valence-corrected chi connectivity index (χ4v) is 4.00. The minimum absolute atomic E-state index is 0.0686. The Kier molecular flexibility index (Phi) is 6.22. The van der Waals surface area contributed by atoms with Crippen molar-refractivity contribution in [2.24, 2.45) is 0 Å². The number of rotatable bonds is 7. The highest BCUT2D eigenvalue weighted by Gasteiger charge is 2.26. The van der Waals surface area contributed by atoms with E-state index in [0.717, 1.165) is 22.6 Å². The summed E-state index contributed by atoms with van der Waals surface area (Å²) in [4.78, 5) is 13.2. The van der Waals surface area contributed by atoms with E-state index in [1.165, 1.54) is 12.1 Å². The quantitative estimate of drug-likeness (QED) is 0.365. The number of nitrogens with one attached hydrogen (secondary N) is 1. The van der Waals surface area contributed by atoms with Crippen LogP contribution in [0.5, 0.6) is 5.75 Å². The van der Waals surface area contributed by atoms with Crippen LogP contribution in [0.4, 0.5) is 4.39 Å². The molecule has 0 radical (unpaired) electrons. The van der Waals surface area contributed by atoms with Gasteiger partial charge in [0.25, 0.3) is 5.91 Å². The van der Waals surface area contributed by atoms with Gasteiger partial charge in [-0.15, -0.1) is 0 Å². The van der Waals surface area contributed by atoms with Crippen molar-refractivity contribution >= 4 is 16.9 Å². The molecule has 0 aliphatic carbocycles. The lowest BCUT2D eigenvalue weighted by Crippen LogP contribution is -2.30. The van der Waals surface area contributed by atoms with Crippen LogP contribution in [0.2, 0.25) is 0 Å². The van der Waals surface area contributed by atoms with Gasteiger partial charge in [0.1, 0.15) is 28.7 Å². The Bertz CT molecular complexity index is 1280. The topological polar surface area (TPSA) is 77.5 Å². The fraction of sp³-hybridized carbons (Fsp3) is 0.308. The number of methoxy groups -OCH3 is 1. The van der Waals surface area contributed by atoms with Crippen molar-refractivity contribution in [3.63, 3.8) is 0 Å². The molecule has 0 bridgehead atoms. The predicted molar refractivity (Wildman–Crippen MR) is 125 cm³/mol. The monoisotopic (exact) mass is 450 g/mol. The largest absolute Gasteiger partial charge is 0.496 e. The first-order valence-corrected chi connectivity index (χ1v) is 11.1. The number of carbonyl (C=O) groups is 1. The molecule has 0 saturated carbocycles. The normalized spacial score (nSPS) is 11.4. The van der Waals surface area contributed by atoms with E-state index in [-0.39, 0.29) is 17.8 Å². The molecule has 172 valence electrons. The lowest BCUT2D eigenvalue weighted by Gasteiger charge is -2.11. The Hall–Kier alpha value is -3.61. The Balaban J connectivity index is 2.01. The zero-order valence-electron chi connectivity index (χ0n) is 19.4. The molecule has 0 fully saturated rings. The highest BCUT2D eigenvalue weighted by Crippen LogP contribution is 2.42. The van der Waals surface area contributed by atoms with Gasteiger partial charge >= 0.3 is 0 Å². The maximum absolute atomic E-state index is 13.5. The number of aryl methyl sites for hydroxylation is 2. The molecular formula is C26H27FN2O4. The van der Waals surface area contributed by atoms with Crippen molar-refractivity contribution in [3.05, 3.63) is 59.2 Å². The van der Waals surface area contributed by atoms with E-state index in [2.05, 4.69) is 10.5 Å². The summed E-state index contributed by atoms with van der Waals surface area (Å²) in [5, 5.41) is 7.76. The lowest BCUT2D eigenvalue weighted by molar-refractivity contribution is 0.0945. The summed E-state index contributed by atoms with van der Waals surface area (Å²) < 4.78 is 31.1. The first-order valence-electron chi connectivity index (χ1n) is 11.1. The van der Waals surface area contributed by atoms with E-state index in [0.29, 0.717) is 46.4 Å². The van der Waals surface area contributed by atoms with E-state index in [1.807, 2.05) is 39.8 Å². The van der Waals surface area contributed by atoms with E-state index in [9.17, 15) is 9.18 Å². The summed E-state index contributed by atoms with van der Waals surface area (Å²) in [6.07, 6.45) is 1.37. The zero-order valence-corrected chi connectivity index (χ0v) is 19.4. The predicted octanol–water partition coefficient (Wildman–Crippen LogP) is 6.17. The van der Waals surface area contributed by atoms with Crippen molar-refractivity contribution in [2.45, 2.75) is 46.6 Å². The number of hydrogen-bond acceptors (Lipinski definition) is 5. The third-order valence-electron chi connectivity index (χ3n) is 5.52. The van der Waals surface area contributed by atoms with Crippen molar-refractivity contribution in [1.82, 2.24) is 10.5 Å². The first kappa shape index (κ1) is 22.6. The molecule has 2 heterocycles. The SMILES string of the molecule is CCc1noc(CC)c1-c1cc2oc(-c3ccc(F)cc3)c(C(=O)NC(C)C)c2cc1OC. The maximum atomic E-state index is 13.5. The van der Waals surface area contributed by atoms with Gasteiger partial charge in [0.15, 0.2) is 0 Å². The van der Waals surface area contributed by atoms with Crippen LogP contribution in [-0.4, -0.2) is 24.2 Å². The molecule has 0 spiro atoms. The molecule has 0 aliphatic heterocycles. The van der Waals surface area contributed by atoms with Crippen LogP contribution in [0.3, 0.4) is 0 Å². The van der Waals surface area contributed by atoms with E-state index < -0.39 is 0 Å². The van der Waals surface area contributed by atoms with Crippen molar-refractivity contribution in [1.29, 1.82) is 0 Å². The highest BCUT2D eigenvalue weighted by molar-refractivity contribution is 6.12. The Morgan fingerprint density at radius 3 is 2.48 bits per heavy atom. The number of aromatic nitrogens is 1. The molecule has 0 saturated heterocycles. The van der Waals surface area contributed by atoms with E-state index in [4.69, 9.17) is 13.7 Å². The molecule has 1 N–H and O–H groups in total. The molecule has 4 aromatic rings. The molecule has 0 atom stereocenters. The molecule has 2 aromatic carbocycles. The number of amides is 1. The third kappa shape index (κ3) is 4.11. The Morgan fingerprint density at radius 2 is 1.88 bits per heavy atom. The summed E-state index contributed by atoms with van der Waals surface area (Å²) in [5.74, 6) is 1.08. The number of ether oxygens (including phenoxy) is 1. The van der Waals surface area contributed by atoms with Gasteiger partial charge in [0.2, 0.25) is 0 Å². The van der Waals surface area contributed by atoms with Gasteiger partial charge in [0, 0.05) is 29.0 Å². The number of hydrogen-bond donors (Lipinski definition) is 1. The van der Waals surface area contributed by atoms with E-state index >= 15 is 0 Å². The average molecular weight is 451 g/mol. The number of benzene rings is 2. The van der Waals surface area contributed by atoms with Crippen LogP contribution in [0.15, 0.2) is 45.3 Å². The second-order valence-corrected chi connectivity index (χ2v) is 8.12. The minimum atomic E-state index is -0.362. The second-order valence-electron chi connectivity index (χ2n) is 8.12. The van der Waals surface area contributed by atoms with Crippen LogP contribution in [-0.2, 0) is 12.8 Å². The Morgan fingerprint density at radius 1 is 1.15 bits per heavy atom. The van der Waals surface area contributed by atoms with Gasteiger partial charge in [-0.1, -0.05) is 19.0 Å². The van der Waals surface area contributed by atoms with Crippen LogP contribution >= 0.6 is 0 Å². The summed E-state index contributed by atoms with van der Waals surface area (Å²) in [6, 6.07) is 9.48. The number of fused-ring (bicyclic) bond motifs is 1. The molecule has 33 heavy (non-hydrogen) atoms. The van der Waals surface area contributed by atoms with Crippen LogP contribution in [0.25, 0.3) is 33.4 Å². The van der Waals surface area contributed by atoms with Gasteiger partial charge in [0.05, 0.1) is 23.9 Å². The third-order valence-corrected chi connectivity index (χ3v) is 5.52. The van der Waals surface area contributed by atoms with Crippen LogP contribution in [0, 0.1) is 5.82 Å². The molecule has 2 aromatic heterocycles. The van der Waals surface area contributed by atoms with Gasteiger partial charge in [-0.05, 0) is 56.7 Å². The molecular weight excluding hydrogens is 423 g/mol. The fourth-order valence-electron chi connectivity index (χ4n) is 4.00. The second kappa shape index (κ2) is 9.10. The van der Waals surface area contributed by atoms with Gasteiger partial charge in [-0.3, -0.25) is 4.79 Å². The number of nitrogens with zero attached hydrogens (tertiary/aromatic N) is 1. The van der Waals surface area contributed by atoms with Gasteiger partial charge in [-0.25, -0.2) is 4.39 Å². The molecule has 6 nitrogen and oxygen atoms in total. The van der Waals surface area contributed by atoms with Gasteiger partial charge in [-0.2, -0.15) is 0 Å². The summed E-state index contributed by atoms with van der Waals surface area (Å²) in [7, 11) is 1.59. The highest BCUT2D eigenvalue weighted by atomic mass is 19.1. The van der Waals surface area contributed by atoms with Crippen molar-refractivity contribution in [2.75, 3.05) is 7.11 Å². The smallest absolute Gasteiger partial charge is 0.256 e. The van der Waals surface area contributed by atoms with Crippen LogP contribution < -0.4 is 10.1 Å². The Labute approximate surface area is 191 Å². The number of carbonyl (C=O) groups excluding carboxylic acids is 1. The van der Waals surface area contributed by atoms with Crippen molar-refractivity contribution < 1.29 is 22.9 Å². The van der Waals surface area contributed by atoms with Crippen molar-refractivity contribution in [3.8, 4) is 28.2 Å². The maximum Gasteiger partial charge on any atom is 0.256 e. The summed E-state index contributed by atoms with van der Waals surface area (Å²) >= 11 is 0. The summed E-state index contributed by atoms with van der Waals surface area (Å²) in [6.45, 7) is 7.80. The molecule has 0 unspecified atom stereocenters. The zero-order chi connectivity index (χ0) is 23.7. The van der Waals surface area contributed by atoms with Crippen LogP contribution in [0.1, 0.15) is 49.5 Å². The number of halogens is 1. The number of furan rings is 1. The molecule has 0 aliphatic rings. The van der Waals surface area contributed by atoms with E-state index in [1.54, 1.807) is 19.2 Å². The standard InChI is InChI=1S/C26H27FN2O4/c1-6-19-23(20(7-2)33-29-19)17-13-22-18(12-21(17)31-5)24(26(30)28-14(3)4)25(32-22)15-8-10-16(27)11-9-15/h8-14H,6-7H2,1-5H3,(H,28,30). The lowest BCUT2D eigenvalue weighted by atomic mass is 9.97. The molecule has 7 heteroatoms. The molecule has 1 amide bonds. The molecule has 4 rings (SSSR count). The minimum Gasteiger partial charge on any atom is -0.496 e. The first-order chi connectivity index (χ1) is 15.9.